The van der Waals surface area contributed by atoms with E-state index in [1.165, 1.54) is 0 Å². The van der Waals surface area contributed by atoms with Crippen molar-refractivity contribution in [2.45, 2.75) is 13.3 Å². The van der Waals surface area contributed by atoms with Gasteiger partial charge in [0.2, 0.25) is 0 Å². The number of hydrogen-bond acceptors (Lipinski definition) is 6. The molecule has 0 unspecified atom stereocenters. The molecule has 0 spiro atoms. The molecule has 0 aliphatic carbocycles. The minimum atomic E-state index is -0.315. The Balaban J connectivity index is 1.66. The van der Waals surface area contributed by atoms with Crippen molar-refractivity contribution in [2.24, 2.45) is 0 Å². The zero-order chi connectivity index (χ0) is 20.1. The number of nitrogens with zero attached hydrogens (tertiary/aromatic N) is 3. The molecular formula is C23H20N4O2. The number of pyridine rings is 1. The summed E-state index contributed by atoms with van der Waals surface area (Å²) < 4.78 is 5.17. The van der Waals surface area contributed by atoms with Crippen LogP contribution < -0.4 is 5.32 Å². The van der Waals surface area contributed by atoms with Crippen LogP contribution in [0.1, 0.15) is 23.7 Å². The highest BCUT2D eigenvalue weighted by atomic mass is 16.5. The normalized spacial score (nSPS) is 10.7. The van der Waals surface area contributed by atoms with E-state index in [0.29, 0.717) is 23.8 Å². The van der Waals surface area contributed by atoms with E-state index in [1.807, 2.05) is 55.5 Å². The number of rotatable bonds is 6. The second-order valence-corrected chi connectivity index (χ2v) is 6.49. The fourth-order valence-electron chi connectivity index (χ4n) is 2.90. The van der Waals surface area contributed by atoms with E-state index in [1.54, 1.807) is 24.5 Å². The molecule has 29 heavy (non-hydrogen) atoms. The minimum absolute atomic E-state index is 0.315. The Morgan fingerprint density at radius 1 is 1.00 bits per heavy atom. The molecule has 0 fully saturated rings. The number of aromatic nitrogens is 3. The van der Waals surface area contributed by atoms with Gasteiger partial charge in [0.25, 0.3) is 0 Å². The molecule has 4 rings (SSSR count). The van der Waals surface area contributed by atoms with Crippen LogP contribution in [0.15, 0.2) is 73.1 Å². The first kappa shape index (κ1) is 18.6. The number of nitrogens with one attached hydrogen (secondary N) is 1. The smallest absolute Gasteiger partial charge is 0.338 e. The van der Waals surface area contributed by atoms with E-state index in [2.05, 4.69) is 15.3 Å². The molecule has 0 saturated heterocycles. The number of esters is 1. The Kier molecular flexibility index (Phi) is 5.42. The van der Waals surface area contributed by atoms with Crippen molar-refractivity contribution in [2.75, 3.05) is 11.9 Å². The van der Waals surface area contributed by atoms with Gasteiger partial charge in [-0.3, -0.25) is 4.98 Å². The highest BCUT2D eigenvalue weighted by Crippen LogP contribution is 2.27. The summed E-state index contributed by atoms with van der Waals surface area (Å²) in [4.78, 5) is 25.5. The van der Waals surface area contributed by atoms with Gasteiger partial charge in [0.15, 0.2) is 5.82 Å². The summed E-state index contributed by atoms with van der Waals surface area (Å²) in [6.45, 7) is 2.38. The zero-order valence-corrected chi connectivity index (χ0v) is 16.0. The Labute approximate surface area is 168 Å². The summed E-state index contributed by atoms with van der Waals surface area (Å²) in [7, 11) is 0. The van der Waals surface area contributed by atoms with Gasteiger partial charge in [-0.1, -0.05) is 19.1 Å². The second-order valence-electron chi connectivity index (χ2n) is 6.49. The maximum absolute atomic E-state index is 12.0. The first-order valence-corrected chi connectivity index (χ1v) is 9.46. The van der Waals surface area contributed by atoms with Crippen LogP contribution in [-0.2, 0) is 4.74 Å². The standard InChI is InChI=1S/C23H20N4O2/c1-2-14-29-23(28)16-9-11-18(12-10-16)25-22-19-7-3-4-8-20(19)26-21(27-22)17-6-5-13-24-15-17/h3-13,15H,2,14H2,1H3,(H,25,26,27). The summed E-state index contributed by atoms with van der Waals surface area (Å²) in [6.07, 6.45) is 4.26. The number of fused-ring (bicyclic) bond motifs is 1. The molecule has 0 bridgehead atoms. The van der Waals surface area contributed by atoms with Gasteiger partial charge >= 0.3 is 5.97 Å². The van der Waals surface area contributed by atoms with E-state index in [0.717, 1.165) is 28.6 Å². The summed E-state index contributed by atoms with van der Waals surface area (Å²) in [5, 5.41) is 4.25. The minimum Gasteiger partial charge on any atom is -0.462 e. The molecule has 0 amide bonds. The third kappa shape index (κ3) is 4.21. The fraction of sp³-hybridized carbons (Fsp3) is 0.130. The maximum atomic E-state index is 12.0. The molecule has 0 aliphatic heterocycles. The molecule has 6 heteroatoms. The highest BCUT2D eigenvalue weighted by Gasteiger charge is 2.11. The number of para-hydroxylation sites is 1. The third-order valence-electron chi connectivity index (χ3n) is 4.34. The van der Waals surface area contributed by atoms with Crippen LogP contribution in [0.3, 0.4) is 0 Å². The van der Waals surface area contributed by atoms with Crippen LogP contribution in [0.4, 0.5) is 11.5 Å². The van der Waals surface area contributed by atoms with E-state index < -0.39 is 0 Å². The molecule has 2 aromatic carbocycles. The molecule has 1 N–H and O–H groups in total. The molecule has 0 radical (unpaired) electrons. The van der Waals surface area contributed by atoms with Gasteiger partial charge in [0.05, 0.1) is 17.7 Å². The lowest BCUT2D eigenvalue weighted by molar-refractivity contribution is 0.0505. The van der Waals surface area contributed by atoms with Crippen LogP contribution in [0.2, 0.25) is 0 Å². The van der Waals surface area contributed by atoms with Gasteiger partial charge in [0, 0.05) is 29.0 Å². The molecule has 0 aliphatic rings. The summed E-state index contributed by atoms with van der Waals surface area (Å²) in [5.74, 6) is 0.972. The Morgan fingerprint density at radius 3 is 2.59 bits per heavy atom. The quantitative estimate of drug-likeness (QED) is 0.471. The Hall–Kier alpha value is -3.80. The lowest BCUT2D eigenvalue weighted by Gasteiger charge is -2.11. The van der Waals surface area contributed by atoms with Crippen molar-refractivity contribution < 1.29 is 9.53 Å². The third-order valence-corrected chi connectivity index (χ3v) is 4.34. The molecule has 2 aromatic heterocycles. The number of benzene rings is 2. The number of hydrogen-bond donors (Lipinski definition) is 1. The first-order chi connectivity index (χ1) is 14.2. The summed E-state index contributed by atoms with van der Waals surface area (Å²) >= 11 is 0. The van der Waals surface area contributed by atoms with E-state index in [-0.39, 0.29) is 5.97 Å². The van der Waals surface area contributed by atoms with Crippen molar-refractivity contribution in [3.63, 3.8) is 0 Å². The highest BCUT2D eigenvalue weighted by molar-refractivity contribution is 5.93. The monoisotopic (exact) mass is 384 g/mol. The molecular weight excluding hydrogens is 364 g/mol. The van der Waals surface area contributed by atoms with Crippen molar-refractivity contribution in [3.8, 4) is 11.4 Å². The van der Waals surface area contributed by atoms with E-state index >= 15 is 0 Å². The fourth-order valence-corrected chi connectivity index (χ4v) is 2.90. The average molecular weight is 384 g/mol. The Morgan fingerprint density at radius 2 is 1.83 bits per heavy atom. The molecule has 2 heterocycles. The van der Waals surface area contributed by atoms with Crippen molar-refractivity contribution >= 4 is 28.4 Å². The molecule has 0 atom stereocenters. The molecule has 0 saturated carbocycles. The van der Waals surface area contributed by atoms with Gasteiger partial charge in [-0.15, -0.1) is 0 Å². The topological polar surface area (TPSA) is 77.0 Å². The molecule has 144 valence electrons. The summed E-state index contributed by atoms with van der Waals surface area (Å²) in [6, 6.07) is 18.8. The van der Waals surface area contributed by atoms with Crippen LogP contribution in [0.5, 0.6) is 0 Å². The van der Waals surface area contributed by atoms with E-state index in [9.17, 15) is 4.79 Å². The van der Waals surface area contributed by atoms with Crippen LogP contribution in [0.25, 0.3) is 22.3 Å². The summed E-state index contributed by atoms with van der Waals surface area (Å²) in [5.41, 5.74) is 3.02. The second kappa shape index (κ2) is 8.48. The first-order valence-electron chi connectivity index (χ1n) is 9.46. The zero-order valence-electron chi connectivity index (χ0n) is 16.0. The van der Waals surface area contributed by atoms with Gasteiger partial charge in [0.1, 0.15) is 5.82 Å². The van der Waals surface area contributed by atoms with Crippen LogP contribution in [0, 0.1) is 0 Å². The number of carbonyl (C=O) groups is 1. The average Bonchev–Trinajstić information content (AvgIpc) is 2.78. The van der Waals surface area contributed by atoms with Crippen molar-refractivity contribution in [3.05, 3.63) is 78.6 Å². The largest absolute Gasteiger partial charge is 0.462 e. The molecule has 6 nitrogen and oxygen atoms in total. The van der Waals surface area contributed by atoms with Gasteiger partial charge < -0.3 is 10.1 Å². The van der Waals surface area contributed by atoms with Crippen molar-refractivity contribution in [1.29, 1.82) is 0 Å². The van der Waals surface area contributed by atoms with Gasteiger partial charge in [-0.2, -0.15) is 0 Å². The lowest BCUT2D eigenvalue weighted by atomic mass is 10.2. The maximum Gasteiger partial charge on any atom is 0.338 e. The Bertz CT molecular complexity index is 1130. The van der Waals surface area contributed by atoms with Crippen LogP contribution >= 0.6 is 0 Å². The predicted molar refractivity (Wildman–Crippen MR) is 113 cm³/mol. The van der Waals surface area contributed by atoms with Crippen molar-refractivity contribution in [1.82, 2.24) is 15.0 Å². The predicted octanol–water partition coefficient (Wildman–Crippen LogP) is 5.00. The van der Waals surface area contributed by atoms with E-state index in [4.69, 9.17) is 9.72 Å². The number of ether oxygens (including phenoxy) is 1. The lowest BCUT2D eigenvalue weighted by Crippen LogP contribution is -2.06. The van der Waals surface area contributed by atoms with Gasteiger partial charge in [-0.25, -0.2) is 14.8 Å². The number of carbonyl (C=O) groups excluding carboxylic acids is 1. The van der Waals surface area contributed by atoms with Gasteiger partial charge in [-0.05, 0) is 55.0 Å². The van der Waals surface area contributed by atoms with Crippen LogP contribution in [-0.4, -0.2) is 27.5 Å². The number of anilines is 2. The molecule has 4 aromatic rings. The SMILES string of the molecule is CCCOC(=O)c1ccc(Nc2nc(-c3cccnc3)nc3ccccc23)cc1.